The summed E-state index contributed by atoms with van der Waals surface area (Å²) in [5.41, 5.74) is 3.76. The number of aromatic nitrogens is 5. The van der Waals surface area contributed by atoms with Gasteiger partial charge < -0.3 is 24.5 Å². The molecule has 0 spiro atoms. The molecule has 1 saturated heterocycles. The van der Waals surface area contributed by atoms with Crippen LogP contribution >= 0.6 is 0 Å². The minimum absolute atomic E-state index is 0.194. The van der Waals surface area contributed by atoms with Crippen molar-refractivity contribution in [2.24, 2.45) is 5.14 Å². The predicted molar refractivity (Wildman–Crippen MR) is 166 cm³/mol. The van der Waals surface area contributed by atoms with Crippen LogP contribution in [-0.4, -0.2) is 82.1 Å². The van der Waals surface area contributed by atoms with Gasteiger partial charge in [0.25, 0.3) is 15.9 Å². The summed E-state index contributed by atoms with van der Waals surface area (Å²) in [5.74, 6) is 0.146. The number of anilines is 3. The van der Waals surface area contributed by atoms with E-state index in [-0.39, 0.29) is 16.7 Å². The second-order valence-electron chi connectivity index (χ2n) is 10.6. The van der Waals surface area contributed by atoms with Crippen molar-refractivity contribution in [3.8, 4) is 0 Å². The van der Waals surface area contributed by atoms with Gasteiger partial charge in [-0.25, -0.2) is 23.5 Å². The van der Waals surface area contributed by atoms with Gasteiger partial charge in [0.05, 0.1) is 17.3 Å². The van der Waals surface area contributed by atoms with Crippen molar-refractivity contribution in [3.63, 3.8) is 0 Å². The van der Waals surface area contributed by atoms with Gasteiger partial charge in [-0.05, 0) is 30.8 Å². The molecule has 5 N–H and O–H groups in total. The molecule has 1 fully saturated rings. The predicted octanol–water partition coefficient (Wildman–Crippen LogP) is 2.85. The molecule has 1 amide bonds. The summed E-state index contributed by atoms with van der Waals surface area (Å²) in [6.07, 6.45) is 9.77. The smallest absolute Gasteiger partial charge is 0.278 e. The molecular weight excluding hydrogens is 584 g/mol. The highest BCUT2D eigenvalue weighted by molar-refractivity contribution is 7.89. The second kappa shape index (κ2) is 12.4. The summed E-state index contributed by atoms with van der Waals surface area (Å²) in [6.45, 7) is 5.55. The molecule has 5 heterocycles. The van der Waals surface area contributed by atoms with Crippen LogP contribution in [0, 0.1) is 0 Å². The molecule has 0 unspecified atom stereocenters. The third-order valence-corrected chi connectivity index (χ3v) is 8.14. The largest absolute Gasteiger partial charge is 0.451 e. The van der Waals surface area contributed by atoms with E-state index in [2.05, 4.69) is 47.6 Å². The SMILES string of the molecule is CN1CCN(Cc2ccc(NC(=O)c3n[nH]cc3Nc3ncnc4c3ccn4C/C=C/c3coc(S(N)(=O)=O)c3)cc2)CC1. The number of allylic oxidation sites excluding steroid dienone is 1. The van der Waals surface area contributed by atoms with Crippen molar-refractivity contribution in [1.82, 2.24) is 34.5 Å². The van der Waals surface area contributed by atoms with Crippen LogP contribution < -0.4 is 15.8 Å². The zero-order valence-corrected chi connectivity index (χ0v) is 24.8. The Balaban J connectivity index is 1.10. The monoisotopic (exact) mass is 616 g/mol. The van der Waals surface area contributed by atoms with E-state index in [9.17, 15) is 13.2 Å². The van der Waals surface area contributed by atoms with Crippen LogP contribution in [-0.2, 0) is 23.1 Å². The third-order valence-electron chi connectivity index (χ3n) is 7.37. The number of furan rings is 1. The lowest BCUT2D eigenvalue weighted by atomic mass is 10.1. The van der Waals surface area contributed by atoms with Crippen molar-refractivity contribution in [3.05, 3.63) is 84.3 Å². The number of primary sulfonamides is 1. The lowest BCUT2D eigenvalue weighted by Crippen LogP contribution is -2.43. The molecule has 44 heavy (non-hydrogen) atoms. The number of hydrogen-bond acceptors (Lipinski definition) is 10. The Hall–Kier alpha value is -4.83. The molecule has 1 aromatic carbocycles. The average molecular weight is 617 g/mol. The highest BCUT2D eigenvalue weighted by Crippen LogP contribution is 2.26. The van der Waals surface area contributed by atoms with Gasteiger partial charge in [-0.15, -0.1) is 0 Å². The van der Waals surface area contributed by atoms with Crippen LogP contribution in [0.1, 0.15) is 21.6 Å². The molecule has 0 bridgehead atoms. The molecule has 6 rings (SSSR count). The Bertz CT molecular complexity index is 1900. The van der Waals surface area contributed by atoms with Gasteiger partial charge in [-0.2, -0.15) is 5.10 Å². The lowest BCUT2D eigenvalue weighted by Gasteiger charge is -2.32. The van der Waals surface area contributed by atoms with E-state index in [0.717, 1.165) is 38.1 Å². The van der Waals surface area contributed by atoms with Crippen LogP contribution in [0.15, 0.2) is 77.0 Å². The number of benzene rings is 1. The molecule has 0 aliphatic carbocycles. The van der Waals surface area contributed by atoms with Crippen molar-refractivity contribution < 1.29 is 17.6 Å². The Kier molecular flexibility index (Phi) is 8.25. The standard InChI is InChI=1S/C29H32N10O4S/c1-37-11-13-38(14-12-37)17-20-4-6-22(7-5-20)34-29(40)26-24(16-33-36-26)35-27-23-8-10-39(28(23)32-19-31-27)9-2-3-21-15-25(43-18-21)44(30,41)42/h2-8,10,15-16,18-19H,9,11-14,17H2,1H3,(H,33,36)(H,34,40)(H2,30,41,42)(H,31,32,35)/b3-2+. The number of nitrogens with zero attached hydrogens (tertiary/aromatic N) is 6. The number of piperazine rings is 1. The van der Waals surface area contributed by atoms with Gasteiger partial charge >= 0.3 is 0 Å². The van der Waals surface area contributed by atoms with Crippen molar-refractivity contribution in [2.45, 2.75) is 18.2 Å². The Morgan fingerprint density at radius 1 is 1.14 bits per heavy atom. The number of nitrogens with one attached hydrogen (secondary N) is 3. The van der Waals surface area contributed by atoms with Crippen LogP contribution in [0.3, 0.4) is 0 Å². The molecule has 4 aromatic heterocycles. The summed E-state index contributed by atoms with van der Waals surface area (Å²) >= 11 is 0. The van der Waals surface area contributed by atoms with E-state index in [4.69, 9.17) is 9.56 Å². The van der Waals surface area contributed by atoms with Crippen molar-refractivity contribution >= 4 is 50.2 Å². The third kappa shape index (κ3) is 6.70. The van der Waals surface area contributed by atoms with Crippen LogP contribution in [0.5, 0.6) is 0 Å². The Morgan fingerprint density at radius 3 is 2.68 bits per heavy atom. The molecule has 0 atom stereocenters. The fourth-order valence-electron chi connectivity index (χ4n) is 4.95. The van der Waals surface area contributed by atoms with E-state index < -0.39 is 10.0 Å². The fourth-order valence-corrected chi connectivity index (χ4v) is 5.44. The van der Waals surface area contributed by atoms with Gasteiger partial charge in [-0.3, -0.25) is 14.8 Å². The number of carbonyl (C=O) groups is 1. The summed E-state index contributed by atoms with van der Waals surface area (Å²) in [4.78, 5) is 26.7. The minimum atomic E-state index is -3.90. The molecule has 1 aliphatic heterocycles. The number of carbonyl (C=O) groups excluding carboxylic acids is 1. The summed E-state index contributed by atoms with van der Waals surface area (Å²) in [5, 5.41) is 18.6. The number of aromatic amines is 1. The summed E-state index contributed by atoms with van der Waals surface area (Å²) < 4.78 is 29.7. The van der Waals surface area contributed by atoms with Gasteiger partial charge in [-0.1, -0.05) is 24.3 Å². The zero-order chi connectivity index (χ0) is 30.7. The fraction of sp³-hybridized carbons (Fsp3) is 0.241. The van der Waals surface area contributed by atoms with E-state index in [0.29, 0.717) is 34.9 Å². The number of likely N-dealkylation sites (N-methyl/N-ethyl adjacent to an activating group) is 1. The van der Waals surface area contributed by atoms with Gasteiger partial charge in [0.15, 0.2) is 5.69 Å². The molecule has 14 nitrogen and oxygen atoms in total. The molecule has 15 heteroatoms. The van der Waals surface area contributed by atoms with Crippen LogP contribution in [0.4, 0.5) is 17.2 Å². The lowest BCUT2D eigenvalue weighted by molar-refractivity contribution is 0.102. The first-order valence-electron chi connectivity index (χ1n) is 13.9. The Morgan fingerprint density at radius 2 is 1.93 bits per heavy atom. The summed E-state index contributed by atoms with van der Waals surface area (Å²) in [6, 6.07) is 11.1. The quantitative estimate of drug-likeness (QED) is 0.182. The number of fused-ring (bicyclic) bond motifs is 1. The van der Waals surface area contributed by atoms with Crippen LogP contribution in [0.25, 0.3) is 17.1 Å². The normalized spacial score (nSPS) is 14.9. The number of H-pyrrole nitrogens is 1. The second-order valence-corrected chi connectivity index (χ2v) is 12.1. The van der Waals surface area contributed by atoms with E-state index in [1.54, 1.807) is 12.3 Å². The van der Waals surface area contributed by atoms with E-state index >= 15 is 0 Å². The number of sulfonamides is 1. The van der Waals surface area contributed by atoms with E-state index in [1.165, 1.54) is 24.2 Å². The van der Waals surface area contributed by atoms with E-state index in [1.807, 2.05) is 47.2 Å². The topological polar surface area (TPSA) is 180 Å². The average Bonchev–Trinajstić information content (AvgIpc) is 3.76. The van der Waals surface area contributed by atoms with Gasteiger partial charge in [0.1, 0.15) is 17.8 Å². The summed E-state index contributed by atoms with van der Waals surface area (Å²) in [7, 11) is -1.76. The maximum absolute atomic E-state index is 13.1. The first-order chi connectivity index (χ1) is 21.2. The molecule has 5 aromatic rings. The number of hydrogen-bond donors (Lipinski definition) is 4. The number of rotatable bonds is 10. The highest BCUT2D eigenvalue weighted by Gasteiger charge is 2.18. The molecule has 1 aliphatic rings. The maximum atomic E-state index is 13.1. The highest BCUT2D eigenvalue weighted by atomic mass is 32.2. The van der Waals surface area contributed by atoms with Crippen molar-refractivity contribution in [2.75, 3.05) is 43.9 Å². The number of amides is 1. The minimum Gasteiger partial charge on any atom is -0.451 e. The zero-order valence-electron chi connectivity index (χ0n) is 24.0. The maximum Gasteiger partial charge on any atom is 0.278 e. The number of nitrogens with two attached hydrogens (primary N) is 1. The molecule has 228 valence electrons. The molecule has 0 saturated carbocycles. The molecular formula is C29H32N10O4S. The first-order valence-corrected chi connectivity index (χ1v) is 15.5. The van der Waals surface area contributed by atoms with Crippen molar-refractivity contribution in [1.29, 1.82) is 0 Å². The molecule has 0 radical (unpaired) electrons. The van der Waals surface area contributed by atoms with Crippen LogP contribution in [0.2, 0.25) is 0 Å². The van der Waals surface area contributed by atoms with Gasteiger partial charge in [0, 0.05) is 69.0 Å². The Labute approximate surface area is 253 Å². The first kappa shape index (κ1) is 29.3. The van der Waals surface area contributed by atoms with Gasteiger partial charge in [0.2, 0.25) is 5.09 Å².